The van der Waals surface area contributed by atoms with Gasteiger partial charge in [0.15, 0.2) is 0 Å². The summed E-state index contributed by atoms with van der Waals surface area (Å²) < 4.78 is 0. The molecule has 2 aromatic heterocycles. The van der Waals surface area contributed by atoms with Gasteiger partial charge in [-0.05, 0) is 53.3 Å². The van der Waals surface area contributed by atoms with Crippen molar-refractivity contribution in [1.82, 2.24) is 9.97 Å². The molecule has 1 amide bonds. The zero-order chi connectivity index (χ0) is 28.5. The number of pyridine rings is 2. The first-order valence-electron chi connectivity index (χ1n) is 13.9. The lowest BCUT2D eigenvalue weighted by molar-refractivity contribution is -0.117. The van der Waals surface area contributed by atoms with Gasteiger partial charge in [0.25, 0.3) is 0 Å². The van der Waals surface area contributed by atoms with E-state index in [-0.39, 0.29) is 17.7 Å². The van der Waals surface area contributed by atoms with Crippen LogP contribution in [0.2, 0.25) is 0 Å². The third-order valence-electron chi connectivity index (χ3n) is 7.65. The number of benzene rings is 4. The smallest absolute Gasteiger partial charge is 0.230 e. The number of rotatable bonds is 6. The molecule has 6 nitrogen and oxygen atoms in total. The Bertz CT molecular complexity index is 1980. The quantitative estimate of drug-likeness (QED) is 0.218. The summed E-state index contributed by atoms with van der Waals surface area (Å²) in [5, 5.41) is 14.9. The molecule has 0 bridgehead atoms. The number of nitrogens with one attached hydrogen (secondary N) is 1. The Hall–Kier alpha value is -5.67. The maximum Gasteiger partial charge on any atom is 0.230 e. The Morgan fingerprint density at radius 2 is 1.55 bits per heavy atom. The number of aromatic nitrogens is 2. The van der Waals surface area contributed by atoms with Crippen LogP contribution >= 0.6 is 0 Å². The van der Waals surface area contributed by atoms with Crippen LogP contribution in [0.25, 0.3) is 32.8 Å². The highest BCUT2D eigenvalue weighted by Gasteiger charge is 2.43. The van der Waals surface area contributed by atoms with E-state index in [0.717, 1.165) is 55.3 Å². The van der Waals surface area contributed by atoms with E-state index in [2.05, 4.69) is 63.8 Å². The molecule has 0 aliphatic heterocycles. The number of hydrogen-bond acceptors (Lipinski definition) is 5. The summed E-state index contributed by atoms with van der Waals surface area (Å²) in [5.74, 6) is -0.207. The molecule has 200 valence electrons. The van der Waals surface area contributed by atoms with Gasteiger partial charge < -0.3 is 5.32 Å². The molecule has 0 spiro atoms. The SMILES string of the molecule is N#CC1CC1C(=O)Nc1cc2cc(-c3ccnc4ccccc34)cc(N=C(c3ccccc3)c3ccccc3)c2cn1. The van der Waals surface area contributed by atoms with Crippen LogP contribution in [-0.2, 0) is 4.79 Å². The van der Waals surface area contributed by atoms with Gasteiger partial charge in [0.05, 0.1) is 34.8 Å². The van der Waals surface area contributed by atoms with Crippen molar-refractivity contribution in [3.8, 4) is 17.2 Å². The second-order valence-electron chi connectivity index (χ2n) is 10.4. The monoisotopic (exact) mass is 543 g/mol. The van der Waals surface area contributed by atoms with Crippen LogP contribution < -0.4 is 5.32 Å². The zero-order valence-electron chi connectivity index (χ0n) is 22.6. The maximum atomic E-state index is 12.7. The Balaban J connectivity index is 1.43. The molecule has 0 saturated heterocycles. The molecule has 1 N–H and O–H groups in total. The van der Waals surface area contributed by atoms with E-state index in [9.17, 15) is 4.79 Å². The highest BCUT2D eigenvalue weighted by molar-refractivity contribution is 6.15. The van der Waals surface area contributed by atoms with Gasteiger partial charge >= 0.3 is 0 Å². The number of aliphatic imine (C=N–C) groups is 1. The predicted octanol–water partition coefficient (Wildman–Crippen LogP) is 7.72. The summed E-state index contributed by atoms with van der Waals surface area (Å²) in [6.07, 6.45) is 4.18. The van der Waals surface area contributed by atoms with Crippen molar-refractivity contribution in [2.45, 2.75) is 6.42 Å². The Kier molecular flexibility index (Phi) is 6.46. The Morgan fingerprint density at radius 3 is 2.26 bits per heavy atom. The first-order chi connectivity index (χ1) is 20.7. The van der Waals surface area contributed by atoms with Crippen LogP contribution in [-0.4, -0.2) is 21.6 Å². The van der Waals surface area contributed by atoms with Crippen LogP contribution in [0.3, 0.4) is 0 Å². The van der Waals surface area contributed by atoms with Gasteiger partial charge in [-0.15, -0.1) is 0 Å². The molecule has 0 radical (unpaired) electrons. The van der Waals surface area contributed by atoms with Gasteiger partial charge in [-0.3, -0.25) is 9.78 Å². The number of nitriles is 1. The Labute approximate surface area is 243 Å². The van der Waals surface area contributed by atoms with Crippen LogP contribution in [0.5, 0.6) is 0 Å². The molecule has 2 heterocycles. The second-order valence-corrected chi connectivity index (χ2v) is 10.4. The number of fused-ring (bicyclic) bond motifs is 2. The Morgan fingerprint density at radius 1 is 0.833 bits per heavy atom. The van der Waals surface area contributed by atoms with E-state index in [1.165, 1.54) is 0 Å². The second kappa shape index (κ2) is 10.7. The molecule has 2 atom stereocenters. The molecule has 1 aliphatic carbocycles. The number of amides is 1. The summed E-state index contributed by atoms with van der Waals surface area (Å²) in [5.41, 5.74) is 6.56. The molecule has 6 aromatic rings. The number of para-hydroxylation sites is 1. The normalized spacial score (nSPS) is 15.6. The van der Waals surface area contributed by atoms with Gasteiger partial charge in [-0.25, -0.2) is 9.98 Å². The molecule has 7 rings (SSSR count). The minimum Gasteiger partial charge on any atom is -0.310 e. The predicted molar refractivity (Wildman–Crippen MR) is 167 cm³/mol. The molecule has 6 heteroatoms. The summed E-state index contributed by atoms with van der Waals surface area (Å²) in [7, 11) is 0. The van der Waals surface area contributed by atoms with Crippen molar-refractivity contribution >= 4 is 44.8 Å². The lowest BCUT2D eigenvalue weighted by Crippen LogP contribution is -2.15. The van der Waals surface area contributed by atoms with Gasteiger partial charge in [-0.2, -0.15) is 5.26 Å². The molecule has 1 saturated carbocycles. The molecular weight excluding hydrogens is 518 g/mol. The number of hydrogen-bond donors (Lipinski definition) is 1. The van der Waals surface area contributed by atoms with Crippen molar-refractivity contribution in [1.29, 1.82) is 5.26 Å². The molecule has 4 aromatic carbocycles. The fourth-order valence-corrected chi connectivity index (χ4v) is 5.36. The topological polar surface area (TPSA) is 91.0 Å². The van der Waals surface area contributed by atoms with E-state index < -0.39 is 0 Å². The van der Waals surface area contributed by atoms with Crippen LogP contribution in [0.15, 0.2) is 127 Å². The van der Waals surface area contributed by atoms with Gasteiger partial charge in [0.1, 0.15) is 5.82 Å². The highest BCUT2D eigenvalue weighted by Crippen LogP contribution is 2.39. The van der Waals surface area contributed by atoms with Crippen molar-refractivity contribution in [2.24, 2.45) is 16.8 Å². The summed E-state index contributed by atoms with van der Waals surface area (Å²) in [6, 6.07) is 38.6. The fourth-order valence-electron chi connectivity index (χ4n) is 5.36. The third-order valence-corrected chi connectivity index (χ3v) is 7.65. The standard InChI is InChI=1S/C36H25N5O/c37-21-27-18-30(27)36(42)41-34-20-26-17-25(28-15-16-38-32-14-8-7-13-29(28)32)19-33(31(26)22-39-34)40-35(23-9-3-1-4-10-23)24-11-5-2-6-12-24/h1-17,19-20,22,27,30H,18H2,(H,39,41,42). The van der Waals surface area contributed by atoms with Crippen LogP contribution in [0.1, 0.15) is 17.5 Å². The van der Waals surface area contributed by atoms with Crippen LogP contribution in [0, 0.1) is 23.2 Å². The van der Waals surface area contributed by atoms with Crippen molar-refractivity contribution in [3.63, 3.8) is 0 Å². The molecular formula is C36H25N5O. The number of carbonyl (C=O) groups excluding carboxylic acids is 1. The van der Waals surface area contributed by atoms with E-state index in [1.54, 1.807) is 6.20 Å². The number of anilines is 1. The summed E-state index contributed by atoms with van der Waals surface area (Å²) in [4.78, 5) is 27.1. The van der Waals surface area contributed by atoms with Crippen LogP contribution in [0.4, 0.5) is 11.5 Å². The lowest BCUT2D eigenvalue weighted by atomic mass is 9.97. The third kappa shape index (κ3) is 4.89. The van der Waals surface area contributed by atoms with Crippen molar-refractivity contribution in [3.05, 3.63) is 133 Å². The van der Waals surface area contributed by atoms with Crippen molar-refractivity contribution in [2.75, 3.05) is 5.32 Å². The minimum atomic E-state index is -0.276. The fraction of sp³-hybridized carbons (Fsp3) is 0.0833. The lowest BCUT2D eigenvalue weighted by Gasteiger charge is -2.13. The zero-order valence-corrected chi connectivity index (χ0v) is 22.6. The maximum absolute atomic E-state index is 12.7. The summed E-state index contributed by atoms with van der Waals surface area (Å²) >= 11 is 0. The van der Waals surface area contributed by atoms with E-state index >= 15 is 0 Å². The highest BCUT2D eigenvalue weighted by atomic mass is 16.2. The molecule has 42 heavy (non-hydrogen) atoms. The van der Waals surface area contributed by atoms with Crippen molar-refractivity contribution < 1.29 is 4.79 Å². The summed E-state index contributed by atoms with van der Waals surface area (Å²) in [6.45, 7) is 0. The first-order valence-corrected chi connectivity index (χ1v) is 13.9. The van der Waals surface area contributed by atoms with E-state index in [1.807, 2.05) is 72.9 Å². The van der Waals surface area contributed by atoms with E-state index in [0.29, 0.717) is 12.2 Å². The number of carbonyl (C=O) groups is 1. The van der Waals surface area contributed by atoms with Gasteiger partial charge in [0, 0.05) is 34.3 Å². The number of nitrogens with zero attached hydrogens (tertiary/aromatic N) is 4. The molecule has 1 fully saturated rings. The first kappa shape index (κ1) is 25.3. The van der Waals surface area contributed by atoms with Gasteiger partial charge in [-0.1, -0.05) is 78.9 Å². The molecule has 2 unspecified atom stereocenters. The average Bonchev–Trinajstić information content (AvgIpc) is 3.84. The molecule has 1 aliphatic rings. The van der Waals surface area contributed by atoms with E-state index in [4.69, 9.17) is 10.3 Å². The average molecular weight is 544 g/mol. The largest absolute Gasteiger partial charge is 0.310 e. The minimum absolute atomic E-state index is 0.168. The van der Waals surface area contributed by atoms with Gasteiger partial charge in [0.2, 0.25) is 5.91 Å².